The summed E-state index contributed by atoms with van der Waals surface area (Å²) in [5, 5.41) is 9.21. The monoisotopic (exact) mass is 231 g/mol. The summed E-state index contributed by atoms with van der Waals surface area (Å²) in [6.45, 7) is 2.34. The van der Waals surface area contributed by atoms with Crippen LogP contribution in [0.3, 0.4) is 0 Å². The molecule has 0 saturated heterocycles. The predicted molar refractivity (Wildman–Crippen MR) is 66.8 cm³/mol. The van der Waals surface area contributed by atoms with E-state index in [0.717, 1.165) is 18.5 Å². The van der Waals surface area contributed by atoms with Gasteiger partial charge in [0, 0.05) is 5.69 Å². The number of aliphatic hydroxyl groups is 1. The molecule has 3 heteroatoms. The number of hydrogen-bond acceptors (Lipinski definition) is 3. The van der Waals surface area contributed by atoms with Crippen molar-refractivity contribution < 1.29 is 9.84 Å². The van der Waals surface area contributed by atoms with Crippen molar-refractivity contribution in [1.29, 1.82) is 0 Å². The molecule has 1 aliphatic carbocycles. The second-order valence-corrected chi connectivity index (χ2v) is 4.10. The number of aryl methyl sites for hydroxylation is 1. The minimum absolute atomic E-state index is 0.0914. The highest BCUT2D eigenvalue weighted by molar-refractivity contribution is 5.30. The van der Waals surface area contributed by atoms with Crippen molar-refractivity contribution in [2.24, 2.45) is 0 Å². The summed E-state index contributed by atoms with van der Waals surface area (Å²) in [7, 11) is 0. The number of nitrogens with zero attached hydrogens (tertiary/aromatic N) is 1. The number of aliphatic hydroxyl groups excluding tert-OH is 1. The molecule has 0 fully saturated rings. The van der Waals surface area contributed by atoms with E-state index in [1.165, 1.54) is 5.57 Å². The third-order valence-electron chi connectivity index (χ3n) is 2.69. The largest absolute Gasteiger partial charge is 0.487 e. The lowest BCUT2D eigenvalue weighted by Crippen LogP contribution is -2.05. The molecule has 0 atom stereocenters. The van der Waals surface area contributed by atoms with Gasteiger partial charge in [0.15, 0.2) is 0 Å². The first-order valence-electron chi connectivity index (χ1n) is 5.85. The van der Waals surface area contributed by atoms with Crippen LogP contribution in [-0.4, -0.2) is 16.7 Å². The van der Waals surface area contributed by atoms with Crippen LogP contribution in [0.2, 0.25) is 0 Å². The van der Waals surface area contributed by atoms with E-state index in [9.17, 15) is 5.11 Å². The van der Waals surface area contributed by atoms with Crippen LogP contribution in [0.1, 0.15) is 24.2 Å². The Kier molecular flexibility index (Phi) is 3.94. The number of pyridine rings is 1. The number of hydrogen-bond donors (Lipinski definition) is 1. The van der Waals surface area contributed by atoms with Crippen LogP contribution in [0.25, 0.3) is 0 Å². The molecule has 1 aromatic rings. The standard InChI is InChI=1S/C14H17NO2/c1-11-7-8-14(13(9-16)15-11)17-10-12-5-3-2-4-6-12/h3,5-8,16H,2,4,9-10H2,1H3. The zero-order valence-corrected chi connectivity index (χ0v) is 10.0. The minimum atomic E-state index is -0.0914. The number of allylic oxidation sites excluding steroid dienone is 2. The highest BCUT2D eigenvalue weighted by atomic mass is 16.5. The maximum atomic E-state index is 9.21. The van der Waals surface area contributed by atoms with E-state index in [-0.39, 0.29) is 6.61 Å². The molecule has 17 heavy (non-hydrogen) atoms. The van der Waals surface area contributed by atoms with Gasteiger partial charge in [0.1, 0.15) is 18.1 Å². The van der Waals surface area contributed by atoms with E-state index in [0.29, 0.717) is 18.1 Å². The van der Waals surface area contributed by atoms with E-state index < -0.39 is 0 Å². The number of ether oxygens (including phenoxy) is 1. The summed E-state index contributed by atoms with van der Waals surface area (Å²) in [6, 6.07) is 3.75. The van der Waals surface area contributed by atoms with Crippen LogP contribution in [0.15, 0.2) is 35.9 Å². The molecule has 0 aliphatic heterocycles. The topological polar surface area (TPSA) is 42.4 Å². The molecule has 0 amide bonds. The number of rotatable bonds is 4. The third kappa shape index (κ3) is 3.17. The average Bonchev–Trinajstić information content (AvgIpc) is 2.38. The smallest absolute Gasteiger partial charge is 0.143 e. The predicted octanol–water partition coefficient (Wildman–Crippen LogP) is 2.54. The molecular formula is C14H17NO2. The van der Waals surface area contributed by atoms with Crippen LogP contribution in [0.5, 0.6) is 5.75 Å². The Hall–Kier alpha value is -1.61. The average molecular weight is 231 g/mol. The van der Waals surface area contributed by atoms with Gasteiger partial charge in [-0.2, -0.15) is 0 Å². The van der Waals surface area contributed by atoms with Gasteiger partial charge in [0.2, 0.25) is 0 Å². The first kappa shape index (κ1) is 11.9. The summed E-state index contributed by atoms with van der Waals surface area (Å²) < 4.78 is 5.68. The quantitative estimate of drug-likeness (QED) is 0.865. The maximum absolute atomic E-state index is 9.21. The lowest BCUT2D eigenvalue weighted by Gasteiger charge is -2.12. The third-order valence-corrected chi connectivity index (χ3v) is 2.69. The molecule has 0 radical (unpaired) electrons. The first-order chi connectivity index (χ1) is 8.29. The van der Waals surface area contributed by atoms with Crippen molar-refractivity contribution in [2.45, 2.75) is 26.4 Å². The normalized spacial score (nSPS) is 14.6. The number of aromatic nitrogens is 1. The maximum Gasteiger partial charge on any atom is 0.143 e. The van der Waals surface area contributed by atoms with Gasteiger partial charge in [0.05, 0.1) is 6.61 Å². The molecule has 1 aromatic heterocycles. The first-order valence-corrected chi connectivity index (χ1v) is 5.85. The van der Waals surface area contributed by atoms with Gasteiger partial charge in [-0.3, -0.25) is 4.98 Å². The van der Waals surface area contributed by atoms with Gasteiger partial charge < -0.3 is 9.84 Å². The highest BCUT2D eigenvalue weighted by Crippen LogP contribution is 2.18. The SMILES string of the molecule is Cc1ccc(OCC2=CCCC=C2)c(CO)n1. The molecule has 1 heterocycles. The lowest BCUT2D eigenvalue weighted by molar-refractivity contribution is 0.263. The van der Waals surface area contributed by atoms with Crippen molar-refractivity contribution in [2.75, 3.05) is 6.61 Å². The second-order valence-electron chi connectivity index (χ2n) is 4.10. The van der Waals surface area contributed by atoms with Crippen LogP contribution in [0, 0.1) is 6.92 Å². The molecule has 90 valence electrons. The Balaban J connectivity index is 2.03. The second kappa shape index (κ2) is 5.64. The van der Waals surface area contributed by atoms with Gasteiger partial charge in [0.25, 0.3) is 0 Å². The Morgan fingerprint density at radius 2 is 2.24 bits per heavy atom. The van der Waals surface area contributed by atoms with E-state index in [4.69, 9.17) is 4.74 Å². The van der Waals surface area contributed by atoms with E-state index in [1.54, 1.807) is 0 Å². The van der Waals surface area contributed by atoms with Crippen LogP contribution in [0.4, 0.5) is 0 Å². The molecule has 1 N–H and O–H groups in total. The molecule has 1 aliphatic rings. The fraction of sp³-hybridized carbons (Fsp3) is 0.357. The summed E-state index contributed by atoms with van der Waals surface area (Å²) in [4.78, 5) is 4.24. The summed E-state index contributed by atoms with van der Waals surface area (Å²) in [6.07, 6.45) is 8.61. The van der Waals surface area contributed by atoms with Gasteiger partial charge in [-0.15, -0.1) is 0 Å². The summed E-state index contributed by atoms with van der Waals surface area (Å²) in [5.41, 5.74) is 2.67. The highest BCUT2D eigenvalue weighted by Gasteiger charge is 2.06. The summed E-state index contributed by atoms with van der Waals surface area (Å²) in [5.74, 6) is 0.665. The van der Waals surface area contributed by atoms with Gasteiger partial charge in [-0.25, -0.2) is 0 Å². The molecular weight excluding hydrogens is 214 g/mol. The van der Waals surface area contributed by atoms with Crippen molar-refractivity contribution in [1.82, 2.24) is 4.98 Å². The fourth-order valence-electron chi connectivity index (χ4n) is 1.78. The van der Waals surface area contributed by atoms with Crippen molar-refractivity contribution >= 4 is 0 Å². The van der Waals surface area contributed by atoms with Crippen molar-refractivity contribution in [3.63, 3.8) is 0 Å². The molecule has 0 bridgehead atoms. The minimum Gasteiger partial charge on any atom is -0.487 e. The Morgan fingerprint density at radius 1 is 1.35 bits per heavy atom. The van der Waals surface area contributed by atoms with Gasteiger partial charge in [-0.05, 0) is 37.5 Å². The van der Waals surface area contributed by atoms with E-state index in [2.05, 4.69) is 23.2 Å². The molecule has 0 spiro atoms. The van der Waals surface area contributed by atoms with E-state index in [1.807, 2.05) is 19.1 Å². The Bertz CT molecular complexity index is 450. The fourth-order valence-corrected chi connectivity index (χ4v) is 1.78. The van der Waals surface area contributed by atoms with Crippen LogP contribution >= 0.6 is 0 Å². The zero-order valence-electron chi connectivity index (χ0n) is 10.0. The van der Waals surface area contributed by atoms with Crippen LogP contribution in [-0.2, 0) is 6.61 Å². The van der Waals surface area contributed by atoms with Crippen molar-refractivity contribution in [3.8, 4) is 5.75 Å². The molecule has 3 nitrogen and oxygen atoms in total. The molecule has 2 rings (SSSR count). The molecule has 0 unspecified atom stereocenters. The van der Waals surface area contributed by atoms with Crippen LogP contribution < -0.4 is 4.74 Å². The zero-order chi connectivity index (χ0) is 12.1. The lowest BCUT2D eigenvalue weighted by atomic mass is 10.1. The van der Waals surface area contributed by atoms with Gasteiger partial charge >= 0.3 is 0 Å². The molecule has 0 aromatic carbocycles. The molecule has 0 saturated carbocycles. The van der Waals surface area contributed by atoms with Gasteiger partial charge in [-0.1, -0.05) is 18.2 Å². The van der Waals surface area contributed by atoms with Crippen molar-refractivity contribution in [3.05, 3.63) is 47.3 Å². The summed E-state index contributed by atoms with van der Waals surface area (Å²) >= 11 is 0. The Morgan fingerprint density at radius 3 is 2.94 bits per heavy atom. The van der Waals surface area contributed by atoms with E-state index >= 15 is 0 Å². The Labute approximate surface area is 101 Å².